The van der Waals surface area contributed by atoms with E-state index >= 15 is 0 Å². The van der Waals surface area contributed by atoms with Crippen molar-refractivity contribution in [3.05, 3.63) is 46.9 Å². The van der Waals surface area contributed by atoms with Crippen LogP contribution in [0.1, 0.15) is 23.4 Å². The van der Waals surface area contributed by atoms with Gasteiger partial charge < -0.3 is 14.9 Å². The molecule has 0 bridgehead atoms. The number of nitrogens with one attached hydrogen (secondary N) is 2. The van der Waals surface area contributed by atoms with Crippen LogP contribution in [0.15, 0.2) is 30.6 Å². The van der Waals surface area contributed by atoms with Gasteiger partial charge in [0.1, 0.15) is 43.2 Å². The van der Waals surface area contributed by atoms with Crippen molar-refractivity contribution < 1.29 is 19.3 Å². The molecule has 6 nitrogen and oxygen atoms in total. The number of hydrogen-bond acceptors (Lipinski definition) is 4. The van der Waals surface area contributed by atoms with E-state index in [-0.39, 0.29) is 17.7 Å². The molecule has 1 saturated heterocycles. The number of aromatic nitrogens is 3. The lowest BCUT2D eigenvalue weighted by Crippen LogP contribution is -3.28. The first-order valence-electron chi connectivity index (χ1n) is 8.62. The average molecular weight is 363 g/mol. The van der Waals surface area contributed by atoms with Crippen LogP contribution in [0, 0.1) is 5.82 Å². The molecule has 3 aromatic rings. The molecule has 1 atom stereocenters. The summed E-state index contributed by atoms with van der Waals surface area (Å²) in [7, 11) is 0. The third kappa shape index (κ3) is 3.01. The molecule has 1 aliphatic heterocycles. The highest BCUT2D eigenvalue weighted by Crippen LogP contribution is 2.34. The molecule has 4 rings (SSSR count). The van der Waals surface area contributed by atoms with Gasteiger partial charge in [-0.15, -0.1) is 0 Å². The Bertz CT molecular complexity index is 871. The number of piperazine rings is 1. The topological polar surface area (TPSA) is 59.3 Å². The highest BCUT2D eigenvalue weighted by Gasteiger charge is 2.35. The van der Waals surface area contributed by atoms with E-state index in [0.29, 0.717) is 4.96 Å². The first-order chi connectivity index (χ1) is 12.2. The quantitative estimate of drug-likeness (QED) is 0.587. The smallest absolute Gasteiger partial charge is 0.235 e. The van der Waals surface area contributed by atoms with Crippen molar-refractivity contribution in [3.63, 3.8) is 0 Å². The zero-order chi connectivity index (χ0) is 17.4. The largest absolute Gasteiger partial charge is 0.492 e. The maximum absolute atomic E-state index is 13.9. The molecule has 0 amide bonds. The number of halogens is 1. The SMILES string of the molecule is CC[NH+]1CC[NH+]([C@H](c2cccc(F)c2)c2sc3ncnn3c2O)CC1. The van der Waals surface area contributed by atoms with E-state index in [1.54, 1.807) is 17.0 Å². The Morgan fingerprint density at radius 1 is 1.32 bits per heavy atom. The van der Waals surface area contributed by atoms with Gasteiger partial charge in [0.05, 0.1) is 6.54 Å². The van der Waals surface area contributed by atoms with Crippen molar-refractivity contribution >= 4 is 16.3 Å². The fraction of sp³-hybridized carbons (Fsp3) is 0.412. The van der Waals surface area contributed by atoms with E-state index < -0.39 is 0 Å². The van der Waals surface area contributed by atoms with E-state index in [0.717, 1.165) is 43.2 Å². The summed E-state index contributed by atoms with van der Waals surface area (Å²) in [4.78, 5) is 8.59. The molecule has 132 valence electrons. The first kappa shape index (κ1) is 16.4. The lowest BCUT2D eigenvalue weighted by atomic mass is 10.0. The Labute approximate surface area is 149 Å². The molecule has 1 aliphatic rings. The summed E-state index contributed by atoms with van der Waals surface area (Å²) in [5.74, 6) is -0.136. The van der Waals surface area contributed by atoms with E-state index in [4.69, 9.17) is 0 Å². The predicted molar refractivity (Wildman–Crippen MR) is 92.7 cm³/mol. The summed E-state index contributed by atoms with van der Waals surface area (Å²) in [6.45, 7) is 7.46. The summed E-state index contributed by atoms with van der Waals surface area (Å²) >= 11 is 1.43. The normalized spacial score (nSPS) is 22.3. The molecule has 0 radical (unpaired) electrons. The minimum atomic E-state index is -0.251. The van der Waals surface area contributed by atoms with Crippen LogP contribution in [0.3, 0.4) is 0 Å². The Balaban J connectivity index is 1.76. The summed E-state index contributed by atoms with van der Waals surface area (Å²) in [6, 6.07) is 6.60. The van der Waals surface area contributed by atoms with Gasteiger partial charge in [-0.05, 0) is 19.1 Å². The fourth-order valence-electron chi connectivity index (χ4n) is 3.71. The van der Waals surface area contributed by atoms with Crippen LogP contribution in [0.25, 0.3) is 4.96 Å². The number of nitrogens with zero attached hydrogens (tertiary/aromatic N) is 3. The Morgan fingerprint density at radius 3 is 2.80 bits per heavy atom. The van der Waals surface area contributed by atoms with Crippen molar-refractivity contribution in [2.75, 3.05) is 32.7 Å². The van der Waals surface area contributed by atoms with E-state index in [1.807, 2.05) is 6.07 Å². The number of fused-ring (bicyclic) bond motifs is 1. The molecule has 0 saturated carbocycles. The van der Waals surface area contributed by atoms with Crippen LogP contribution in [-0.2, 0) is 0 Å². The molecule has 1 aromatic carbocycles. The van der Waals surface area contributed by atoms with Gasteiger partial charge in [-0.25, -0.2) is 9.37 Å². The summed E-state index contributed by atoms with van der Waals surface area (Å²) in [6.07, 6.45) is 1.43. The molecule has 0 unspecified atom stereocenters. The van der Waals surface area contributed by atoms with Crippen molar-refractivity contribution in [1.29, 1.82) is 0 Å². The zero-order valence-corrected chi connectivity index (χ0v) is 14.9. The fourth-order valence-corrected chi connectivity index (χ4v) is 4.82. The third-order valence-electron chi connectivity index (χ3n) is 5.09. The molecule has 25 heavy (non-hydrogen) atoms. The number of hydrogen-bond donors (Lipinski definition) is 3. The standard InChI is InChI=1S/C17H20FN5OS/c1-2-21-6-8-22(9-7-21)14(12-4-3-5-13(18)10-12)15-16(24)23-17(25-15)19-11-20-23/h3-5,10-11,14,24H,2,6-9H2,1H3/p+2/t14-/m1/s1. The van der Waals surface area contributed by atoms with Gasteiger partial charge in [0.25, 0.3) is 0 Å². The van der Waals surface area contributed by atoms with Gasteiger partial charge in [-0.3, -0.25) is 0 Å². The molecule has 0 aliphatic carbocycles. The number of thiazole rings is 1. The number of likely N-dealkylation sites (N-methyl/N-ethyl adjacent to an activating group) is 1. The maximum atomic E-state index is 13.9. The third-order valence-corrected chi connectivity index (χ3v) is 6.19. The summed E-state index contributed by atoms with van der Waals surface area (Å²) in [5.41, 5.74) is 0.884. The molecule has 8 heteroatoms. The lowest BCUT2D eigenvalue weighted by molar-refractivity contribution is -1.02. The Kier molecular flexibility index (Phi) is 4.41. The minimum Gasteiger partial charge on any atom is -0.492 e. The van der Waals surface area contributed by atoms with Gasteiger partial charge >= 0.3 is 0 Å². The van der Waals surface area contributed by atoms with Crippen LogP contribution in [0.2, 0.25) is 0 Å². The van der Waals surface area contributed by atoms with E-state index in [2.05, 4.69) is 17.0 Å². The van der Waals surface area contributed by atoms with E-state index in [1.165, 1.54) is 33.1 Å². The lowest BCUT2D eigenvalue weighted by Gasteiger charge is -2.34. The second-order valence-electron chi connectivity index (χ2n) is 6.49. The first-order valence-corrected chi connectivity index (χ1v) is 9.44. The zero-order valence-electron chi connectivity index (χ0n) is 14.1. The van der Waals surface area contributed by atoms with Crippen molar-refractivity contribution in [2.45, 2.75) is 13.0 Å². The number of benzene rings is 1. The highest BCUT2D eigenvalue weighted by atomic mass is 32.1. The summed E-state index contributed by atoms with van der Waals surface area (Å²) < 4.78 is 15.3. The van der Waals surface area contributed by atoms with Crippen LogP contribution in [-0.4, -0.2) is 52.4 Å². The predicted octanol–water partition coefficient (Wildman–Crippen LogP) is -0.472. The van der Waals surface area contributed by atoms with Gasteiger partial charge in [0.2, 0.25) is 10.8 Å². The number of quaternary nitrogens is 2. The molecule has 3 heterocycles. The van der Waals surface area contributed by atoms with Crippen LogP contribution >= 0.6 is 11.3 Å². The Hall–Kier alpha value is -2.03. The Morgan fingerprint density at radius 2 is 2.12 bits per heavy atom. The van der Waals surface area contributed by atoms with Crippen LogP contribution < -0.4 is 9.80 Å². The second kappa shape index (κ2) is 6.70. The van der Waals surface area contributed by atoms with Crippen LogP contribution in [0.5, 0.6) is 5.88 Å². The molecule has 0 spiro atoms. The molecule has 1 fully saturated rings. The molecule has 3 N–H and O–H groups in total. The highest BCUT2D eigenvalue weighted by molar-refractivity contribution is 7.17. The summed E-state index contributed by atoms with van der Waals surface area (Å²) in [5, 5.41) is 14.7. The van der Waals surface area contributed by atoms with Crippen molar-refractivity contribution in [3.8, 4) is 5.88 Å². The second-order valence-corrected chi connectivity index (χ2v) is 7.50. The van der Waals surface area contributed by atoms with E-state index in [9.17, 15) is 9.50 Å². The number of rotatable bonds is 4. The van der Waals surface area contributed by atoms with Gasteiger partial charge in [0.15, 0.2) is 6.04 Å². The van der Waals surface area contributed by atoms with Gasteiger partial charge in [-0.1, -0.05) is 23.5 Å². The molecular formula is C17H22FN5OS+2. The molecule has 2 aromatic heterocycles. The van der Waals surface area contributed by atoms with Crippen LogP contribution in [0.4, 0.5) is 4.39 Å². The molecular weight excluding hydrogens is 341 g/mol. The van der Waals surface area contributed by atoms with Gasteiger partial charge in [-0.2, -0.15) is 9.61 Å². The minimum absolute atomic E-state index is 0.109. The van der Waals surface area contributed by atoms with Crippen molar-refractivity contribution in [2.24, 2.45) is 0 Å². The number of aromatic hydroxyl groups is 1. The monoisotopic (exact) mass is 363 g/mol. The van der Waals surface area contributed by atoms with Crippen molar-refractivity contribution in [1.82, 2.24) is 14.6 Å². The average Bonchev–Trinajstić information content (AvgIpc) is 3.20. The van der Waals surface area contributed by atoms with Gasteiger partial charge in [0, 0.05) is 5.56 Å². The maximum Gasteiger partial charge on any atom is 0.235 e.